The molecule has 0 aliphatic rings. The van der Waals surface area contributed by atoms with Crippen LogP contribution in [-0.4, -0.2) is 34.8 Å². The summed E-state index contributed by atoms with van der Waals surface area (Å²) in [6, 6.07) is 7.95. The van der Waals surface area contributed by atoms with Gasteiger partial charge in [0.05, 0.1) is 5.60 Å². The molecule has 2 rings (SSSR count). The topological polar surface area (TPSA) is 77.2 Å². The number of benzene rings is 1. The van der Waals surface area contributed by atoms with Crippen LogP contribution < -0.4 is 10.6 Å². The number of hydrogen-bond donors (Lipinski definition) is 4. The number of carbonyl (C=O) groups is 1. The van der Waals surface area contributed by atoms with Crippen LogP contribution >= 0.6 is 0 Å². The van der Waals surface area contributed by atoms with Crippen molar-refractivity contribution in [1.82, 2.24) is 15.6 Å². The van der Waals surface area contributed by atoms with Crippen LogP contribution in [0.15, 0.2) is 24.3 Å². The molecular formula is C18H27N3O2. The van der Waals surface area contributed by atoms with Gasteiger partial charge in [0.15, 0.2) is 0 Å². The Bertz CT molecular complexity index is 659. The Morgan fingerprint density at radius 2 is 1.91 bits per heavy atom. The molecule has 126 valence electrons. The molecule has 2 aromatic rings. The Labute approximate surface area is 137 Å². The quantitative estimate of drug-likeness (QED) is 0.634. The maximum absolute atomic E-state index is 11.9. The fraction of sp³-hybridized carbons (Fsp3) is 0.500. The predicted octanol–water partition coefficient (Wildman–Crippen LogP) is 2.87. The lowest BCUT2D eigenvalue weighted by atomic mass is 9.98. The smallest absolute Gasteiger partial charge is 0.314 e. The summed E-state index contributed by atoms with van der Waals surface area (Å²) in [5.41, 5.74) is 2.68. The molecule has 23 heavy (non-hydrogen) atoms. The summed E-state index contributed by atoms with van der Waals surface area (Å²) in [5, 5.41) is 17.0. The molecule has 1 aromatic heterocycles. The van der Waals surface area contributed by atoms with E-state index in [0.29, 0.717) is 19.4 Å². The average Bonchev–Trinajstić information content (AvgIpc) is 2.88. The number of urea groups is 1. The molecule has 1 heterocycles. The van der Waals surface area contributed by atoms with Crippen molar-refractivity contribution in [3.8, 4) is 0 Å². The summed E-state index contributed by atoms with van der Waals surface area (Å²) in [6.45, 7) is 6.73. The molecular weight excluding hydrogens is 290 g/mol. The van der Waals surface area contributed by atoms with Crippen molar-refractivity contribution in [1.29, 1.82) is 0 Å². The summed E-state index contributed by atoms with van der Waals surface area (Å²) < 4.78 is 0. The molecule has 5 heteroatoms. The molecule has 0 atom stereocenters. The molecule has 0 unspecified atom stereocenters. The number of aromatic amines is 1. The van der Waals surface area contributed by atoms with Crippen LogP contribution in [0.3, 0.4) is 0 Å². The molecule has 4 N–H and O–H groups in total. The van der Waals surface area contributed by atoms with Crippen molar-refractivity contribution in [3.63, 3.8) is 0 Å². The van der Waals surface area contributed by atoms with E-state index in [0.717, 1.165) is 17.6 Å². The van der Waals surface area contributed by atoms with Crippen molar-refractivity contribution in [2.75, 3.05) is 13.1 Å². The van der Waals surface area contributed by atoms with Crippen molar-refractivity contribution < 1.29 is 9.90 Å². The molecule has 0 aliphatic heterocycles. The Balaban J connectivity index is 1.84. The number of aromatic nitrogens is 1. The Morgan fingerprint density at radius 3 is 2.61 bits per heavy atom. The van der Waals surface area contributed by atoms with Gasteiger partial charge >= 0.3 is 6.03 Å². The average molecular weight is 317 g/mol. The SMILES string of the molecule is CCC(O)(CC)CNC(=O)NCCc1c(C)[nH]c2ccccc12. The summed E-state index contributed by atoms with van der Waals surface area (Å²) in [4.78, 5) is 15.2. The Hall–Kier alpha value is -2.01. The number of para-hydroxylation sites is 1. The lowest BCUT2D eigenvalue weighted by molar-refractivity contribution is 0.0349. The lowest BCUT2D eigenvalue weighted by Crippen LogP contribution is -2.46. The van der Waals surface area contributed by atoms with Gasteiger partial charge in [0.2, 0.25) is 0 Å². The van der Waals surface area contributed by atoms with Crippen LogP contribution in [0.4, 0.5) is 4.79 Å². The van der Waals surface area contributed by atoms with Crippen LogP contribution in [0.5, 0.6) is 0 Å². The molecule has 0 spiro atoms. The molecule has 0 radical (unpaired) electrons. The first-order valence-corrected chi connectivity index (χ1v) is 8.29. The van der Waals surface area contributed by atoms with Crippen LogP contribution in [0, 0.1) is 6.92 Å². The first kappa shape index (κ1) is 17.3. The van der Waals surface area contributed by atoms with E-state index < -0.39 is 5.60 Å². The van der Waals surface area contributed by atoms with E-state index in [2.05, 4.69) is 34.7 Å². The van der Waals surface area contributed by atoms with E-state index in [1.807, 2.05) is 26.0 Å². The number of H-pyrrole nitrogens is 1. The predicted molar refractivity (Wildman–Crippen MR) is 93.7 cm³/mol. The van der Waals surface area contributed by atoms with Crippen molar-refractivity contribution >= 4 is 16.9 Å². The monoisotopic (exact) mass is 317 g/mol. The minimum Gasteiger partial charge on any atom is -0.388 e. The van der Waals surface area contributed by atoms with E-state index in [1.165, 1.54) is 10.9 Å². The van der Waals surface area contributed by atoms with Gasteiger partial charge in [0, 0.05) is 29.7 Å². The number of amides is 2. The molecule has 0 saturated heterocycles. The summed E-state index contributed by atoms with van der Waals surface area (Å²) in [7, 11) is 0. The Morgan fingerprint density at radius 1 is 1.22 bits per heavy atom. The van der Waals surface area contributed by atoms with Gasteiger partial charge in [0.1, 0.15) is 0 Å². The standard InChI is InChI=1S/C18H27N3O2/c1-4-18(23,5-2)12-20-17(22)19-11-10-14-13(3)21-16-9-7-6-8-15(14)16/h6-9,21,23H,4-5,10-12H2,1-3H3,(H2,19,20,22). The van der Waals surface area contributed by atoms with Gasteiger partial charge in [-0.25, -0.2) is 4.79 Å². The lowest BCUT2D eigenvalue weighted by Gasteiger charge is -2.25. The first-order chi connectivity index (χ1) is 11.0. The highest BCUT2D eigenvalue weighted by Crippen LogP contribution is 2.21. The fourth-order valence-electron chi connectivity index (χ4n) is 2.77. The van der Waals surface area contributed by atoms with E-state index >= 15 is 0 Å². The van der Waals surface area contributed by atoms with Gasteiger partial charge < -0.3 is 20.7 Å². The zero-order valence-corrected chi connectivity index (χ0v) is 14.2. The maximum Gasteiger partial charge on any atom is 0.314 e. The van der Waals surface area contributed by atoms with E-state index in [4.69, 9.17) is 0 Å². The third-order valence-corrected chi connectivity index (χ3v) is 4.58. The number of hydrogen-bond acceptors (Lipinski definition) is 2. The molecule has 1 aromatic carbocycles. The third kappa shape index (κ3) is 4.26. The highest BCUT2D eigenvalue weighted by atomic mass is 16.3. The van der Waals surface area contributed by atoms with E-state index in [9.17, 15) is 9.90 Å². The zero-order valence-electron chi connectivity index (χ0n) is 14.2. The zero-order chi connectivity index (χ0) is 16.9. The van der Waals surface area contributed by atoms with Gasteiger partial charge in [-0.05, 0) is 37.8 Å². The number of aliphatic hydroxyl groups is 1. The molecule has 5 nitrogen and oxygen atoms in total. The van der Waals surface area contributed by atoms with E-state index in [1.54, 1.807) is 0 Å². The molecule has 0 aliphatic carbocycles. The minimum atomic E-state index is -0.815. The molecule has 0 bridgehead atoms. The minimum absolute atomic E-state index is 0.234. The summed E-state index contributed by atoms with van der Waals surface area (Å²) in [6.07, 6.45) is 2.02. The normalized spacial score (nSPS) is 11.7. The third-order valence-electron chi connectivity index (χ3n) is 4.58. The van der Waals surface area contributed by atoms with Gasteiger partial charge in [0.25, 0.3) is 0 Å². The largest absolute Gasteiger partial charge is 0.388 e. The molecule has 2 amide bonds. The second-order valence-electron chi connectivity index (χ2n) is 6.07. The highest BCUT2D eigenvalue weighted by molar-refractivity contribution is 5.84. The van der Waals surface area contributed by atoms with Gasteiger partial charge in [-0.15, -0.1) is 0 Å². The van der Waals surface area contributed by atoms with Gasteiger partial charge in [-0.1, -0.05) is 32.0 Å². The Kier molecular flexibility index (Phi) is 5.66. The van der Waals surface area contributed by atoms with Crippen molar-refractivity contribution in [2.45, 2.75) is 45.6 Å². The van der Waals surface area contributed by atoms with Crippen LogP contribution in [0.2, 0.25) is 0 Å². The first-order valence-electron chi connectivity index (χ1n) is 8.29. The van der Waals surface area contributed by atoms with Gasteiger partial charge in [-0.2, -0.15) is 0 Å². The van der Waals surface area contributed by atoms with E-state index in [-0.39, 0.29) is 12.6 Å². The van der Waals surface area contributed by atoms with Crippen molar-refractivity contribution in [2.24, 2.45) is 0 Å². The number of nitrogens with one attached hydrogen (secondary N) is 3. The highest BCUT2D eigenvalue weighted by Gasteiger charge is 2.22. The second-order valence-corrected chi connectivity index (χ2v) is 6.07. The maximum atomic E-state index is 11.9. The number of rotatable bonds is 7. The van der Waals surface area contributed by atoms with Crippen LogP contribution in [0.1, 0.15) is 37.9 Å². The van der Waals surface area contributed by atoms with Gasteiger partial charge in [-0.3, -0.25) is 0 Å². The number of carbonyl (C=O) groups excluding carboxylic acids is 1. The van der Waals surface area contributed by atoms with Crippen molar-refractivity contribution in [3.05, 3.63) is 35.5 Å². The molecule has 0 fully saturated rings. The number of fused-ring (bicyclic) bond motifs is 1. The summed E-state index contributed by atoms with van der Waals surface area (Å²) in [5.74, 6) is 0. The van der Waals surface area contributed by atoms with Crippen LogP contribution in [-0.2, 0) is 6.42 Å². The fourth-order valence-corrected chi connectivity index (χ4v) is 2.77. The molecule has 0 saturated carbocycles. The summed E-state index contributed by atoms with van der Waals surface area (Å²) >= 11 is 0. The van der Waals surface area contributed by atoms with Crippen LogP contribution in [0.25, 0.3) is 10.9 Å². The second kappa shape index (κ2) is 7.51. The number of aryl methyl sites for hydroxylation is 1.